The molecule has 0 bridgehead atoms. The molecule has 1 aliphatic carbocycles. The molecule has 0 saturated heterocycles. The third-order valence-electron chi connectivity index (χ3n) is 4.43. The van der Waals surface area contributed by atoms with E-state index in [1.807, 2.05) is 0 Å². The van der Waals surface area contributed by atoms with Crippen molar-refractivity contribution in [3.63, 3.8) is 0 Å². The van der Waals surface area contributed by atoms with Gasteiger partial charge in [0.1, 0.15) is 0 Å². The van der Waals surface area contributed by atoms with Crippen LogP contribution in [0.2, 0.25) is 0 Å². The summed E-state index contributed by atoms with van der Waals surface area (Å²) in [6.07, 6.45) is 5.83. The van der Waals surface area contributed by atoms with Gasteiger partial charge >= 0.3 is 0 Å². The van der Waals surface area contributed by atoms with E-state index >= 15 is 0 Å². The smallest absolute Gasteiger partial charge is 0.0856 e. The van der Waals surface area contributed by atoms with Gasteiger partial charge in [-0.25, -0.2) is 0 Å². The Bertz CT molecular complexity index is 633. The van der Waals surface area contributed by atoms with Gasteiger partial charge in [-0.15, -0.1) is 0 Å². The van der Waals surface area contributed by atoms with Gasteiger partial charge in [-0.2, -0.15) is 5.10 Å². The zero-order valence-electron chi connectivity index (χ0n) is 11.4. The van der Waals surface area contributed by atoms with E-state index in [-0.39, 0.29) is 0 Å². The van der Waals surface area contributed by atoms with Gasteiger partial charge in [-0.05, 0) is 42.5 Å². The van der Waals surface area contributed by atoms with Crippen molar-refractivity contribution in [2.24, 2.45) is 11.0 Å². The van der Waals surface area contributed by atoms with Gasteiger partial charge in [0.25, 0.3) is 0 Å². The monoisotopic (exact) mass is 262 g/mol. The van der Waals surface area contributed by atoms with Crippen LogP contribution in [0.1, 0.15) is 30.0 Å². The van der Waals surface area contributed by atoms with Crippen molar-refractivity contribution in [2.75, 3.05) is 5.01 Å². The second kappa shape index (κ2) is 4.78. The summed E-state index contributed by atoms with van der Waals surface area (Å²) in [6.45, 7) is 0. The van der Waals surface area contributed by atoms with Crippen molar-refractivity contribution in [1.29, 1.82) is 0 Å². The molecule has 0 radical (unpaired) electrons. The predicted octanol–water partition coefficient (Wildman–Crippen LogP) is 4.19. The Kier molecular flexibility index (Phi) is 2.80. The number of hydrazone groups is 1. The van der Waals surface area contributed by atoms with E-state index < -0.39 is 0 Å². The van der Waals surface area contributed by atoms with E-state index in [0.29, 0.717) is 12.0 Å². The molecule has 0 unspecified atom stereocenters. The van der Waals surface area contributed by atoms with Crippen molar-refractivity contribution in [2.45, 2.75) is 25.3 Å². The Morgan fingerprint density at radius 2 is 1.75 bits per heavy atom. The Labute approximate surface area is 119 Å². The molecular weight excluding hydrogens is 244 g/mol. The fraction of sp³-hybridized carbons (Fsp3) is 0.278. The van der Waals surface area contributed by atoms with E-state index in [2.05, 4.69) is 65.8 Å². The molecule has 2 heteroatoms. The first-order chi connectivity index (χ1) is 9.93. The summed E-state index contributed by atoms with van der Waals surface area (Å²) < 4.78 is 0. The molecule has 2 atom stereocenters. The largest absolute Gasteiger partial charge is 0.258 e. The van der Waals surface area contributed by atoms with Crippen molar-refractivity contribution >= 4 is 11.9 Å². The van der Waals surface area contributed by atoms with Gasteiger partial charge in [0.05, 0.1) is 11.7 Å². The summed E-state index contributed by atoms with van der Waals surface area (Å²) >= 11 is 0. The van der Waals surface area contributed by atoms with Gasteiger partial charge in [0, 0.05) is 12.1 Å². The number of para-hydroxylation sites is 1. The fourth-order valence-electron chi connectivity index (χ4n) is 3.47. The minimum absolute atomic E-state index is 0.371. The average Bonchev–Trinajstić information content (AvgIpc) is 2.84. The summed E-state index contributed by atoms with van der Waals surface area (Å²) in [7, 11) is 0. The summed E-state index contributed by atoms with van der Waals surface area (Å²) in [5.74, 6) is 0.541. The Morgan fingerprint density at radius 1 is 0.950 bits per heavy atom. The molecular formula is C18H18N2. The van der Waals surface area contributed by atoms with Crippen molar-refractivity contribution < 1.29 is 0 Å². The number of benzene rings is 2. The molecule has 2 aromatic carbocycles. The summed E-state index contributed by atoms with van der Waals surface area (Å²) in [5, 5.41) is 6.90. The highest BCUT2D eigenvalue weighted by Gasteiger charge is 2.35. The fourth-order valence-corrected chi connectivity index (χ4v) is 3.47. The number of nitrogens with zero attached hydrogens (tertiary/aromatic N) is 2. The second-order valence-corrected chi connectivity index (χ2v) is 5.64. The SMILES string of the molecule is C1=NN(c2ccccc2)[C@H]2c3ccccc3CCC[C@@H]12. The summed E-state index contributed by atoms with van der Waals surface area (Å²) in [5.41, 5.74) is 4.13. The molecule has 0 aromatic heterocycles. The first kappa shape index (κ1) is 11.7. The molecule has 0 saturated carbocycles. The highest BCUT2D eigenvalue weighted by atomic mass is 15.5. The zero-order valence-corrected chi connectivity index (χ0v) is 11.4. The molecule has 0 amide bonds. The van der Waals surface area contributed by atoms with Crippen molar-refractivity contribution in [3.8, 4) is 0 Å². The Morgan fingerprint density at radius 3 is 2.65 bits per heavy atom. The van der Waals surface area contributed by atoms with Crippen LogP contribution in [0.15, 0.2) is 59.7 Å². The van der Waals surface area contributed by atoms with E-state index in [9.17, 15) is 0 Å². The topological polar surface area (TPSA) is 15.6 Å². The molecule has 0 N–H and O–H groups in total. The maximum atomic E-state index is 4.70. The van der Waals surface area contributed by atoms with Gasteiger partial charge in [0.15, 0.2) is 0 Å². The lowest BCUT2D eigenvalue weighted by atomic mass is 9.92. The van der Waals surface area contributed by atoms with Crippen LogP contribution in [0, 0.1) is 5.92 Å². The lowest BCUT2D eigenvalue weighted by Gasteiger charge is -2.28. The van der Waals surface area contributed by atoms with Crippen LogP contribution in [0.4, 0.5) is 5.69 Å². The van der Waals surface area contributed by atoms with Crippen molar-refractivity contribution in [1.82, 2.24) is 0 Å². The van der Waals surface area contributed by atoms with E-state index in [0.717, 1.165) is 0 Å². The van der Waals surface area contributed by atoms with Gasteiger partial charge < -0.3 is 0 Å². The van der Waals surface area contributed by atoms with Gasteiger partial charge in [-0.1, -0.05) is 42.5 Å². The molecule has 100 valence electrons. The molecule has 0 spiro atoms. The molecule has 0 fully saturated rings. The molecule has 2 nitrogen and oxygen atoms in total. The number of aryl methyl sites for hydroxylation is 1. The maximum absolute atomic E-state index is 4.70. The molecule has 2 aliphatic rings. The Balaban J connectivity index is 1.80. The third kappa shape index (κ3) is 1.83. The number of rotatable bonds is 1. The number of hydrogen-bond acceptors (Lipinski definition) is 2. The molecule has 4 rings (SSSR count). The predicted molar refractivity (Wildman–Crippen MR) is 83.0 cm³/mol. The minimum atomic E-state index is 0.371. The van der Waals surface area contributed by atoms with Gasteiger partial charge in [0.2, 0.25) is 0 Å². The summed E-state index contributed by atoms with van der Waals surface area (Å²) in [6, 6.07) is 19.8. The molecule has 2 aromatic rings. The first-order valence-electron chi connectivity index (χ1n) is 7.40. The number of fused-ring (bicyclic) bond motifs is 3. The van der Waals surface area contributed by atoms with Crippen LogP contribution >= 0.6 is 0 Å². The van der Waals surface area contributed by atoms with Crippen LogP contribution in [0.5, 0.6) is 0 Å². The molecule has 1 aliphatic heterocycles. The van der Waals surface area contributed by atoms with Crippen LogP contribution < -0.4 is 5.01 Å². The van der Waals surface area contributed by atoms with E-state index in [4.69, 9.17) is 5.10 Å². The maximum Gasteiger partial charge on any atom is 0.0856 e. The van der Waals surface area contributed by atoms with Crippen molar-refractivity contribution in [3.05, 3.63) is 65.7 Å². The lowest BCUT2D eigenvalue weighted by molar-refractivity contribution is 0.525. The van der Waals surface area contributed by atoms with E-state index in [1.165, 1.54) is 36.1 Å². The lowest BCUT2D eigenvalue weighted by Crippen LogP contribution is -2.23. The molecule has 20 heavy (non-hydrogen) atoms. The molecule has 1 heterocycles. The number of anilines is 1. The van der Waals surface area contributed by atoms with Crippen LogP contribution in [-0.2, 0) is 6.42 Å². The van der Waals surface area contributed by atoms with Gasteiger partial charge in [-0.3, -0.25) is 5.01 Å². The second-order valence-electron chi connectivity index (χ2n) is 5.64. The van der Waals surface area contributed by atoms with E-state index in [1.54, 1.807) is 0 Å². The van der Waals surface area contributed by atoms with Crippen LogP contribution in [0.3, 0.4) is 0 Å². The first-order valence-corrected chi connectivity index (χ1v) is 7.40. The highest BCUT2D eigenvalue weighted by molar-refractivity contribution is 5.71. The normalized spacial score (nSPS) is 24.1. The number of hydrogen-bond donors (Lipinski definition) is 0. The summed E-state index contributed by atoms with van der Waals surface area (Å²) in [4.78, 5) is 0. The highest BCUT2D eigenvalue weighted by Crippen LogP contribution is 2.42. The quantitative estimate of drug-likeness (QED) is 0.752. The minimum Gasteiger partial charge on any atom is -0.258 e. The average molecular weight is 262 g/mol. The van der Waals surface area contributed by atoms with Crippen LogP contribution in [0.25, 0.3) is 0 Å². The standard InChI is InChI=1S/C18H18N2/c1-2-10-16(11-3-1)20-18-15(13-19-20)9-6-8-14-7-4-5-12-17(14)18/h1-5,7,10-13,15,18H,6,8-9H2/t15-,18+/m0/s1. The van der Waals surface area contributed by atoms with Crippen LogP contribution in [-0.4, -0.2) is 6.21 Å². The zero-order chi connectivity index (χ0) is 13.4. The Hall–Kier alpha value is -2.09. The third-order valence-corrected chi connectivity index (χ3v) is 4.43.